The summed E-state index contributed by atoms with van der Waals surface area (Å²) in [6.45, 7) is 20.4. The fraction of sp³-hybridized carbons (Fsp3) is 1.00. The van der Waals surface area contributed by atoms with Crippen LogP contribution in [0.1, 0.15) is 85.0 Å². The minimum Gasteiger partial charge on any atom is -0.394 e. The fourth-order valence-electron chi connectivity index (χ4n) is 7.11. The Kier molecular flexibility index (Phi) is 47.2. The highest BCUT2D eigenvalue weighted by atomic mass is 16.6. The van der Waals surface area contributed by atoms with Crippen LogP contribution >= 0.6 is 0 Å². The number of hydrogen-bond acceptors (Lipinski definition) is 16. The third kappa shape index (κ3) is 43.7. The summed E-state index contributed by atoms with van der Waals surface area (Å²) in [4.78, 5) is 0. The van der Waals surface area contributed by atoms with E-state index in [0.29, 0.717) is 184 Å². The predicted molar refractivity (Wildman–Crippen MR) is 242 cm³/mol. The summed E-state index contributed by atoms with van der Waals surface area (Å²) in [5, 5.41) is 18.6. The molecule has 0 heterocycles. The van der Waals surface area contributed by atoms with Crippen LogP contribution in [0.15, 0.2) is 0 Å². The van der Waals surface area contributed by atoms with Crippen molar-refractivity contribution in [3.05, 3.63) is 0 Å². The highest BCUT2D eigenvalue weighted by Crippen LogP contribution is 2.35. The van der Waals surface area contributed by atoms with Crippen molar-refractivity contribution in [1.82, 2.24) is 0 Å². The Balaban J connectivity index is 1.73. The monoisotopic (exact) mass is 915 g/mol. The van der Waals surface area contributed by atoms with Crippen LogP contribution in [0.4, 0.5) is 0 Å². The quantitative estimate of drug-likeness (QED) is 0.0781. The van der Waals surface area contributed by atoms with Crippen LogP contribution in [-0.4, -0.2) is 208 Å². The number of hydrogen-bond donors (Lipinski definition) is 2. The SMILES string of the molecule is CC(C)CCCC(C)CCCC1CCCC(C(CO)OCCOCCOCCOCCOCCOCCOCCOCCOCCOCCOCCOCCOCCOCCO)C1. The number of aliphatic hydroxyl groups excluding tert-OH is 2. The van der Waals surface area contributed by atoms with E-state index in [0.717, 1.165) is 24.2 Å². The van der Waals surface area contributed by atoms with Gasteiger partial charge in [-0.15, -0.1) is 0 Å². The molecule has 0 spiro atoms. The Morgan fingerprint density at radius 2 is 0.730 bits per heavy atom. The topological polar surface area (TPSA) is 170 Å². The Morgan fingerprint density at radius 3 is 1.06 bits per heavy atom. The Morgan fingerprint density at radius 1 is 0.397 bits per heavy atom. The van der Waals surface area contributed by atoms with Gasteiger partial charge in [0, 0.05) is 0 Å². The van der Waals surface area contributed by atoms with Gasteiger partial charge in [0.25, 0.3) is 0 Å². The van der Waals surface area contributed by atoms with Gasteiger partial charge >= 0.3 is 0 Å². The molecule has 0 aromatic heterocycles. The first kappa shape index (κ1) is 60.4. The summed E-state index contributed by atoms with van der Waals surface area (Å²) in [6, 6.07) is 0. The maximum Gasteiger partial charge on any atom is 0.0835 e. The van der Waals surface area contributed by atoms with E-state index >= 15 is 0 Å². The molecule has 0 radical (unpaired) electrons. The second-order valence-electron chi connectivity index (χ2n) is 16.4. The van der Waals surface area contributed by atoms with Crippen LogP contribution in [0.5, 0.6) is 0 Å². The maximum absolute atomic E-state index is 10.0. The zero-order valence-electron chi connectivity index (χ0n) is 40.1. The molecule has 1 aliphatic rings. The molecular formula is C47H94O16. The van der Waals surface area contributed by atoms with E-state index in [2.05, 4.69) is 20.8 Å². The van der Waals surface area contributed by atoms with Crippen molar-refractivity contribution in [2.24, 2.45) is 23.7 Å². The van der Waals surface area contributed by atoms with Crippen molar-refractivity contribution >= 4 is 0 Å². The third-order valence-corrected chi connectivity index (χ3v) is 10.6. The average Bonchev–Trinajstić information content (AvgIpc) is 3.28. The van der Waals surface area contributed by atoms with Crippen molar-refractivity contribution in [2.45, 2.75) is 91.1 Å². The molecule has 16 nitrogen and oxygen atoms in total. The molecule has 0 amide bonds. The van der Waals surface area contributed by atoms with E-state index < -0.39 is 0 Å². The van der Waals surface area contributed by atoms with E-state index in [-0.39, 0.29) is 19.3 Å². The molecule has 0 aromatic carbocycles. The molecule has 378 valence electrons. The molecule has 4 atom stereocenters. The largest absolute Gasteiger partial charge is 0.394 e. The summed E-state index contributed by atoms with van der Waals surface area (Å²) in [7, 11) is 0. The van der Waals surface area contributed by atoms with E-state index in [9.17, 15) is 5.11 Å². The van der Waals surface area contributed by atoms with Gasteiger partial charge in [0.15, 0.2) is 0 Å². The molecule has 63 heavy (non-hydrogen) atoms. The van der Waals surface area contributed by atoms with Crippen LogP contribution < -0.4 is 0 Å². The van der Waals surface area contributed by atoms with Crippen molar-refractivity contribution in [3.63, 3.8) is 0 Å². The summed E-state index contributed by atoms with van der Waals surface area (Å²) in [5.74, 6) is 2.86. The van der Waals surface area contributed by atoms with Gasteiger partial charge in [-0.3, -0.25) is 0 Å². The Hall–Kier alpha value is -0.640. The lowest BCUT2D eigenvalue weighted by Crippen LogP contribution is -2.33. The molecule has 1 aliphatic carbocycles. The van der Waals surface area contributed by atoms with Gasteiger partial charge in [-0.1, -0.05) is 72.1 Å². The molecule has 0 aliphatic heterocycles. The molecule has 1 rings (SSSR count). The lowest BCUT2D eigenvalue weighted by molar-refractivity contribution is -0.0637. The lowest BCUT2D eigenvalue weighted by Gasteiger charge is -2.34. The van der Waals surface area contributed by atoms with E-state index in [1.165, 1.54) is 57.8 Å². The summed E-state index contributed by atoms with van der Waals surface area (Å²) >= 11 is 0. The van der Waals surface area contributed by atoms with Crippen molar-refractivity contribution in [1.29, 1.82) is 0 Å². The van der Waals surface area contributed by atoms with Gasteiger partial charge in [-0.2, -0.15) is 0 Å². The highest BCUT2D eigenvalue weighted by molar-refractivity contribution is 4.79. The summed E-state index contributed by atoms with van der Waals surface area (Å²) in [6.07, 6.45) is 12.9. The first-order chi connectivity index (χ1) is 31.1. The number of rotatable bonds is 52. The standard InChI is InChI=1S/C47H94O16/c1-43(2)7-4-8-44(3)9-5-10-45-11-6-12-46(41-45)47(42-49)63-40-39-62-38-37-61-36-35-60-34-33-59-32-31-58-30-29-57-28-27-56-26-25-55-24-23-54-22-21-53-20-19-52-18-17-51-16-15-50-14-13-48/h43-49H,4-42H2,1-3H3. The molecule has 0 bridgehead atoms. The third-order valence-electron chi connectivity index (χ3n) is 10.6. The van der Waals surface area contributed by atoms with Gasteiger partial charge in [0.1, 0.15) is 0 Å². The van der Waals surface area contributed by atoms with Crippen LogP contribution in [0.3, 0.4) is 0 Å². The van der Waals surface area contributed by atoms with E-state index in [1.807, 2.05) is 0 Å². The van der Waals surface area contributed by atoms with Gasteiger partial charge in [-0.05, 0) is 36.5 Å². The van der Waals surface area contributed by atoms with E-state index in [1.54, 1.807) is 0 Å². The van der Waals surface area contributed by atoms with Gasteiger partial charge < -0.3 is 76.5 Å². The Bertz CT molecular complexity index is 877. The molecule has 0 saturated heterocycles. The zero-order valence-corrected chi connectivity index (χ0v) is 40.1. The Labute approximate surface area is 382 Å². The van der Waals surface area contributed by atoms with Crippen LogP contribution in [-0.2, 0) is 66.3 Å². The summed E-state index contributed by atoms with van der Waals surface area (Å²) in [5.41, 5.74) is 0. The molecular weight excluding hydrogens is 821 g/mol. The van der Waals surface area contributed by atoms with Gasteiger partial charge in [0.05, 0.1) is 198 Å². The minimum absolute atomic E-state index is 0.0224. The van der Waals surface area contributed by atoms with Crippen LogP contribution in [0, 0.1) is 23.7 Å². The van der Waals surface area contributed by atoms with Crippen molar-refractivity contribution in [2.75, 3.05) is 192 Å². The molecule has 1 fully saturated rings. The predicted octanol–water partition coefficient (Wildman–Crippen LogP) is 5.01. The van der Waals surface area contributed by atoms with Gasteiger partial charge in [0.2, 0.25) is 0 Å². The smallest absolute Gasteiger partial charge is 0.0835 e. The normalized spacial score (nSPS) is 16.7. The number of aliphatic hydroxyl groups is 2. The highest BCUT2D eigenvalue weighted by Gasteiger charge is 2.28. The first-order valence-corrected chi connectivity index (χ1v) is 24.4. The lowest BCUT2D eigenvalue weighted by atomic mass is 9.76. The maximum atomic E-state index is 10.0. The van der Waals surface area contributed by atoms with Crippen molar-refractivity contribution < 1.29 is 76.5 Å². The van der Waals surface area contributed by atoms with Crippen LogP contribution in [0.25, 0.3) is 0 Å². The zero-order chi connectivity index (χ0) is 45.4. The first-order valence-electron chi connectivity index (χ1n) is 24.4. The second-order valence-corrected chi connectivity index (χ2v) is 16.4. The average molecular weight is 915 g/mol. The minimum atomic E-state index is -0.0881. The molecule has 4 unspecified atom stereocenters. The molecule has 1 saturated carbocycles. The van der Waals surface area contributed by atoms with Crippen molar-refractivity contribution in [3.8, 4) is 0 Å². The number of ether oxygens (including phenoxy) is 14. The summed E-state index contributed by atoms with van der Waals surface area (Å²) < 4.78 is 77.3. The van der Waals surface area contributed by atoms with Gasteiger partial charge in [-0.25, -0.2) is 0 Å². The molecule has 0 aromatic rings. The fourth-order valence-corrected chi connectivity index (χ4v) is 7.11. The molecule has 16 heteroatoms. The molecule has 2 N–H and O–H groups in total. The second kappa shape index (κ2) is 49.3. The van der Waals surface area contributed by atoms with Crippen LogP contribution in [0.2, 0.25) is 0 Å². The van der Waals surface area contributed by atoms with E-state index in [4.69, 9.17) is 71.4 Å².